The second-order valence-corrected chi connectivity index (χ2v) is 4.33. The van der Waals surface area contributed by atoms with Gasteiger partial charge in [0.25, 0.3) is 0 Å². The Morgan fingerprint density at radius 2 is 1.77 bits per heavy atom. The van der Waals surface area contributed by atoms with Gasteiger partial charge in [0.1, 0.15) is 0 Å². The number of benzene rings is 1. The van der Waals surface area contributed by atoms with Crippen LogP contribution in [0.5, 0.6) is 0 Å². The zero-order chi connectivity index (χ0) is 10.0. The molecule has 0 saturated heterocycles. The molecule has 1 aromatic rings. The fourth-order valence-electron chi connectivity index (χ4n) is 1.02. The highest BCUT2D eigenvalue weighted by Crippen LogP contribution is 2.32. The van der Waals surface area contributed by atoms with E-state index in [1.807, 2.05) is 7.05 Å². The SMILES string of the molecule is CNc1c(Br)cc(C(C)=O)cc1Br. The van der Waals surface area contributed by atoms with Crippen LogP contribution in [-0.2, 0) is 0 Å². The van der Waals surface area contributed by atoms with Crippen molar-refractivity contribution < 1.29 is 4.79 Å². The number of anilines is 1. The van der Waals surface area contributed by atoms with Gasteiger partial charge in [-0.15, -0.1) is 0 Å². The Bertz CT molecular complexity index is 326. The summed E-state index contributed by atoms with van der Waals surface area (Å²) < 4.78 is 1.77. The third kappa shape index (κ3) is 2.31. The molecule has 0 bridgehead atoms. The van der Waals surface area contributed by atoms with Crippen LogP contribution >= 0.6 is 31.9 Å². The Morgan fingerprint density at radius 1 is 1.31 bits per heavy atom. The van der Waals surface area contributed by atoms with E-state index in [0.717, 1.165) is 14.6 Å². The predicted octanol–water partition coefficient (Wildman–Crippen LogP) is 3.46. The lowest BCUT2D eigenvalue weighted by molar-refractivity contribution is 0.101. The Balaban J connectivity index is 3.28. The molecular weight excluding hydrogens is 298 g/mol. The highest BCUT2D eigenvalue weighted by molar-refractivity contribution is 9.11. The summed E-state index contributed by atoms with van der Waals surface area (Å²) in [4.78, 5) is 11.1. The van der Waals surface area contributed by atoms with Gasteiger partial charge >= 0.3 is 0 Å². The first-order valence-corrected chi connectivity index (χ1v) is 5.32. The summed E-state index contributed by atoms with van der Waals surface area (Å²) in [6, 6.07) is 3.61. The van der Waals surface area contributed by atoms with Crippen LogP contribution in [0.15, 0.2) is 21.1 Å². The van der Waals surface area contributed by atoms with Crippen molar-refractivity contribution in [2.24, 2.45) is 0 Å². The van der Waals surface area contributed by atoms with Gasteiger partial charge in [-0.2, -0.15) is 0 Å². The van der Waals surface area contributed by atoms with E-state index in [2.05, 4.69) is 37.2 Å². The first-order chi connectivity index (χ1) is 6.06. The first-order valence-electron chi connectivity index (χ1n) is 3.74. The molecule has 1 N–H and O–H groups in total. The smallest absolute Gasteiger partial charge is 0.159 e. The average Bonchev–Trinajstić information content (AvgIpc) is 2.03. The molecule has 0 heterocycles. The summed E-state index contributed by atoms with van der Waals surface area (Å²) in [6.07, 6.45) is 0. The monoisotopic (exact) mass is 305 g/mol. The maximum atomic E-state index is 11.1. The van der Waals surface area contributed by atoms with Crippen LogP contribution < -0.4 is 5.32 Å². The Labute approximate surface area is 94.0 Å². The first kappa shape index (κ1) is 10.7. The van der Waals surface area contributed by atoms with E-state index in [9.17, 15) is 4.79 Å². The standard InChI is InChI=1S/C9H9Br2NO/c1-5(13)6-3-7(10)9(12-2)8(11)4-6/h3-4,12H,1-2H3. The van der Waals surface area contributed by atoms with Crippen molar-refractivity contribution >= 4 is 43.3 Å². The lowest BCUT2D eigenvalue weighted by Crippen LogP contribution is -1.96. The minimum Gasteiger partial charge on any atom is -0.386 e. The second-order valence-electron chi connectivity index (χ2n) is 2.62. The molecular formula is C9H9Br2NO. The van der Waals surface area contributed by atoms with Crippen molar-refractivity contribution in [2.45, 2.75) is 6.92 Å². The van der Waals surface area contributed by atoms with Crippen molar-refractivity contribution in [3.63, 3.8) is 0 Å². The Morgan fingerprint density at radius 3 is 2.08 bits per heavy atom. The molecule has 0 atom stereocenters. The van der Waals surface area contributed by atoms with E-state index in [1.54, 1.807) is 19.1 Å². The van der Waals surface area contributed by atoms with E-state index in [-0.39, 0.29) is 5.78 Å². The van der Waals surface area contributed by atoms with Crippen LogP contribution in [0.1, 0.15) is 17.3 Å². The summed E-state index contributed by atoms with van der Waals surface area (Å²) in [7, 11) is 1.83. The Hall–Kier alpha value is -0.350. The zero-order valence-corrected chi connectivity index (χ0v) is 10.5. The minimum absolute atomic E-state index is 0.0593. The summed E-state index contributed by atoms with van der Waals surface area (Å²) in [5.41, 5.74) is 1.64. The number of ketones is 1. The topological polar surface area (TPSA) is 29.1 Å². The zero-order valence-electron chi connectivity index (χ0n) is 7.32. The molecule has 1 rings (SSSR count). The summed E-state index contributed by atoms with van der Waals surface area (Å²) >= 11 is 6.76. The second kappa shape index (κ2) is 4.24. The van der Waals surface area contributed by atoms with Gasteiger partial charge in [0, 0.05) is 21.6 Å². The Kier molecular flexibility index (Phi) is 3.50. The summed E-state index contributed by atoms with van der Waals surface area (Å²) in [5, 5.41) is 3.02. The van der Waals surface area contributed by atoms with Gasteiger partial charge in [0.2, 0.25) is 0 Å². The molecule has 0 aliphatic carbocycles. The van der Waals surface area contributed by atoms with Crippen LogP contribution in [0.25, 0.3) is 0 Å². The molecule has 0 spiro atoms. The third-order valence-electron chi connectivity index (χ3n) is 1.70. The van der Waals surface area contributed by atoms with Crippen molar-refractivity contribution in [2.75, 3.05) is 12.4 Å². The molecule has 0 unspecified atom stereocenters. The van der Waals surface area contributed by atoms with Crippen LogP contribution in [-0.4, -0.2) is 12.8 Å². The molecule has 2 nitrogen and oxygen atoms in total. The fourth-order valence-corrected chi connectivity index (χ4v) is 2.60. The fraction of sp³-hybridized carbons (Fsp3) is 0.222. The predicted molar refractivity (Wildman–Crippen MR) is 61.4 cm³/mol. The van der Waals surface area contributed by atoms with E-state index in [0.29, 0.717) is 5.56 Å². The normalized spacial score (nSPS) is 9.85. The quantitative estimate of drug-likeness (QED) is 0.848. The van der Waals surface area contributed by atoms with Crippen molar-refractivity contribution in [3.05, 3.63) is 26.6 Å². The highest BCUT2D eigenvalue weighted by Gasteiger charge is 2.07. The van der Waals surface area contributed by atoms with Gasteiger partial charge < -0.3 is 5.32 Å². The van der Waals surface area contributed by atoms with E-state index in [1.165, 1.54) is 0 Å². The molecule has 0 radical (unpaired) electrons. The molecule has 0 aliphatic heterocycles. The minimum atomic E-state index is 0.0593. The lowest BCUT2D eigenvalue weighted by atomic mass is 10.1. The van der Waals surface area contributed by atoms with Crippen LogP contribution in [0.3, 0.4) is 0 Å². The number of hydrogen-bond donors (Lipinski definition) is 1. The molecule has 1 aromatic carbocycles. The number of hydrogen-bond acceptors (Lipinski definition) is 2. The van der Waals surface area contributed by atoms with Crippen LogP contribution in [0.4, 0.5) is 5.69 Å². The molecule has 0 amide bonds. The van der Waals surface area contributed by atoms with Crippen LogP contribution in [0.2, 0.25) is 0 Å². The number of carbonyl (C=O) groups excluding carboxylic acids is 1. The molecule has 13 heavy (non-hydrogen) atoms. The maximum Gasteiger partial charge on any atom is 0.159 e. The lowest BCUT2D eigenvalue weighted by Gasteiger charge is -2.07. The van der Waals surface area contributed by atoms with E-state index < -0.39 is 0 Å². The van der Waals surface area contributed by atoms with Gasteiger partial charge in [0.05, 0.1) is 5.69 Å². The highest BCUT2D eigenvalue weighted by atomic mass is 79.9. The van der Waals surface area contributed by atoms with Crippen molar-refractivity contribution in [3.8, 4) is 0 Å². The molecule has 0 aliphatic rings. The number of Topliss-reactive ketones (excluding diaryl/α,β-unsaturated/α-hetero) is 1. The van der Waals surface area contributed by atoms with Gasteiger partial charge in [-0.3, -0.25) is 4.79 Å². The van der Waals surface area contributed by atoms with Gasteiger partial charge in [-0.1, -0.05) is 0 Å². The average molecular weight is 307 g/mol. The van der Waals surface area contributed by atoms with E-state index >= 15 is 0 Å². The number of carbonyl (C=O) groups is 1. The molecule has 4 heteroatoms. The largest absolute Gasteiger partial charge is 0.386 e. The number of halogens is 2. The molecule has 0 aromatic heterocycles. The van der Waals surface area contributed by atoms with Crippen LogP contribution in [0, 0.1) is 0 Å². The summed E-state index contributed by atoms with van der Waals surface area (Å²) in [5.74, 6) is 0.0593. The molecule has 0 saturated carbocycles. The molecule has 0 fully saturated rings. The maximum absolute atomic E-state index is 11.1. The molecule has 70 valence electrons. The number of rotatable bonds is 2. The van der Waals surface area contributed by atoms with Crippen molar-refractivity contribution in [1.82, 2.24) is 0 Å². The van der Waals surface area contributed by atoms with Gasteiger partial charge in [-0.05, 0) is 50.9 Å². The van der Waals surface area contributed by atoms with Crippen molar-refractivity contribution in [1.29, 1.82) is 0 Å². The van der Waals surface area contributed by atoms with E-state index in [4.69, 9.17) is 0 Å². The summed E-state index contributed by atoms with van der Waals surface area (Å²) in [6.45, 7) is 1.55. The van der Waals surface area contributed by atoms with Gasteiger partial charge in [-0.25, -0.2) is 0 Å². The number of nitrogens with one attached hydrogen (secondary N) is 1. The van der Waals surface area contributed by atoms with Gasteiger partial charge in [0.15, 0.2) is 5.78 Å². The third-order valence-corrected chi connectivity index (χ3v) is 2.95.